The van der Waals surface area contributed by atoms with E-state index in [4.69, 9.17) is 4.18 Å². The summed E-state index contributed by atoms with van der Waals surface area (Å²) in [5, 5.41) is 0. The molecule has 1 aromatic rings. The molecule has 0 bridgehead atoms. The molecule has 3 nitrogen and oxygen atoms in total. The van der Waals surface area contributed by atoms with Gasteiger partial charge in [0.25, 0.3) is 10.1 Å². The van der Waals surface area contributed by atoms with Gasteiger partial charge in [0, 0.05) is 0 Å². The van der Waals surface area contributed by atoms with E-state index in [1.165, 1.54) is 0 Å². The number of benzene rings is 1. The van der Waals surface area contributed by atoms with E-state index in [1.807, 2.05) is 18.2 Å². The van der Waals surface area contributed by atoms with Crippen LogP contribution in [0.15, 0.2) is 30.3 Å². The van der Waals surface area contributed by atoms with Gasteiger partial charge in [-0.2, -0.15) is 8.42 Å². The third-order valence-corrected chi connectivity index (χ3v) is 3.66. The molecule has 1 rings (SSSR count). The van der Waals surface area contributed by atoms with Gasteiger partial charge < -0.3 is 1.43 Å². The summed E-state index contributed by atoms with van der Waals surface area (Å²) in [6.07, 6.45) is 4.10. The summed E-state index contributed by atoms with van der Waals surface area (Å²) in [7, 11) is -3.42. The third kappa shape index (κ3) is 8.27. The fourth-order valence-electron chi connectivity index (χ4n) is 1.53. The molecule has 5 heteroatoms. The van der Waals surface area contributed by atoms with Gasteiger partial charge in [-0.25, -0.2) is 0 Å². The molecule has 0 saturated heterocycles. The molecule has 0 aliphatic rings. The van der Waals surface area contributed by atoms with Crippen LogP contribution in [0.5, 0.6) is 0 Å². The Morgan fingerprint density at radius 1 is 1.11 bits per heavy atom. The summed E-state index contributed by atoms with van der Waals surface area (Å²) < 4.78 is 28.2. The molecule has 0 heterocycles. The van der Waals surface area contributed by atoms with Crippen molar-refractivity contribution < 1.29 is 43.6 Å². The molecule has 0 amide bonds. The Morgan fingerprint density at radius 3 is 2.39 bits per heavy atom. The molecule has 0 spiro atoms. The van der Waals surface area contributed by atoms with Crippen LogP contribution in [0.2, 0.25) is 0 Å². The SMILES string of the molecule is CCCCCCOS(=O)(=O)Cc1ccccc1.[H-].[Na+]. The zero-order chi connectivity index (χ0) is 12.6. The molecule has 0 aromatic heterocycles. The van der Waals surface area contributed by atoms with Crippen molar-refractivity contribution in [1.82, 2.24) is 0 Å². The quantitative estimate of drug-likeness (QED) is 0.389. The summed E-state index contributed by atoms with van der Waals surface area (Å²) in [4.78, 5) is 0. The van der Waals surface area contributed by atoms with E-state index in [-0.39, 0.29) is 36.7 Å². The first-order chi connectivity index (χ1) is 8.14. The minimum Gasteiger partial charge on any atom is -1.00 e. The Labute approximate surface area is 134 Å². The van der Waals surface area contributed by atoms with Crippen LogP contribution in [0.3, 0.4) is 0 Å². The van der Waals surface area contributed by atoms with Crippen molar-refractivity contribution in [3.63, 3.8) is 0 Å². The van der Waals surface area contributed by atoms with E-state index in [0.29, 0.717) is 6.61 Å². The van der Waals surface area contributed by atoms with Crippen LogP contribution >= 0.6 is 0 Å². The average Bonchev–Trinajstić information content (AvgIpc) is 2.29. The fraction of sp³-hybridized carbons (Fsp3) is 0.538. The number of unbranched alkanes of at least 4 members (excludes halogenated alkanes) is 3. The van der Waals surface area contributed by atoms with Crippen LogP contribution in [0, 0.1) is 0 Å². The van der Waals surface area contributed by atoms with Gasteiger partial charge in [-0.05, 0) is 12.0 Å². The second-order valence-electron chi connectivity index (χ2n) is 4.07. The van der Waals surface area contributed by atoms with E-state index in [2.05, 4.69) is 6.92 Å². The summed E-state index contributed by atoms with van der Waals surface area (Å²) in [6, 6.07) is 9.09. The van der Waals surface area contributed by atoms with Crippen molar-refractivity contribution in [2.24, 2.45) is 0 Å². The molecule has 0 saturated carbocycles. The number of hydrogen-bond donors (Lipinski definition) is 0. The van der Waals surface area contributed by atoms with Gasteiger partial charge in [0.1, 0.15) is 5.75 Å². The van der Waals surface area contributed by atoms with Crippen LogP contribution in [-0.4, -0.2) is 15.0 Å². The molecule has 0 unspecified atom stereocenters. The first-order valence-corrected chi connectivity index (χ1v) is 7.63. The van der Waals surface area contributed by atoms with Crippen LogP contribution in [0.4, 0.5) is 0 Å². The van der Waals surface area contributed by atoms with Crippen LogP contribution < -0.4 is 29.6 Å². The van der Waals surface area contributed by atoms with Crippen molar-refractivity contribution in [3.05, 3.63) is 35.9 Å². The summed E-state index contributed by atoms with van der Waals surface area (Å²) in [5.41, 5.74) is 0.765. The maximum atomic E-state index is 11.6. The molecule has 1 aromatic carbocycles. The first-order valence-electron chi connectivity index (χ1n) is 6.05. The normalized spacial score (nSPS) is 10.9. The zero-order valence-electron chi connectivity index (χ0n) is 12.3. The van der Waals surface area contributed by atoms with Gasteiger partial charge in [0.05, 0.1) is 6.61 Å². The smallest absolute Gasteiger partial charge is 1.00 e. The maximum Gasteiger partial charge on any atom is 1.00 e. The molecule has 0 aliphatic carbocycles. The van der Waals surface area contributed by atoms with Gasteiger partial charge in [0.15, 0.2) is 0 Å². The Bertz CT molecular complexity index is 409. The van der Waals surface area contributed by atoms with E-state index >= 15 is 0 Å². The Balaban J connectivity index is 0. The molecule has 0 aliphatic heterocycles. The molecule has 0 radical (unpaired) electrons. The van der Waals surface area contributed by atoms with E-state index in [0.717, 1.165) is 31.2 Å². The number of rotatable bonds is 8. The average molecular weight is 280 g/mol. The van der Waals surface area contributed by atoms with Crippen molar-refractivity contribution in [3.8, 4) is 0 Å². The molecular weight excluding hydrogens is 259 g/mol. The fourth-order valence-corrected chi connectivity index (χ4v) is 2.59. The third-order valence-electron chi connectivity index (χ3n) is 2.45. The molecule has 18 heavy (non-hydrogen) atoms. The number of hydrogen-bond acceptors (Lipinski definition) is 3. The van der Waals surface area contributed by atoms with Crippen molar-refractivity contribution in [1.29, 1.82) is 0 Å². The minimum absolute atomic E-state index is 0. The first kappa shape index (κ1) is 18.1. The monoisotopic (exact) mass is 280 g/mol. The predicted molar refractivity (Wildman–Crippen MR) is 70.3 cm³/mol. The van der Waals surface area contributed by atoms with E-state index in [9.17, 15) is 8.42 Å². The molecule has 98 valence electrons. The largest absolute Gasteiger partial charge is 1.00 e. The Kier molecular flexibility index (Phi) is 10.1. The zero-order valence-corrected chi connectivity index (χ0v) is 14.1. The van der Waals surface area contributed by atoms with Crippen molar-refractivity contribution in [2.45, 2.75) is 38.4 Å². The van der Waals surface area contributed by atoms with Gasteiger partial charge in [-0.15, -0.1) is 0 Å². The molecular formula is C13H21NaO3S. The second-order valence-corrected chi connectivity index (χ2v) is 5.71. The van der Waals surface area contributed by atoms with Crippen LogP contribution in [0.1, 0.15) is 39.6 Å². The van der Waals surface area contributed by atoms with Gasteiger partial charge in [-0.3, -0.25) is 4.18 Å². The second kappa shape index (κ2) is 9.98. The molecule has 0 atom stereocenters. The maximum absolute atomic E-state index is 11.6. The topological polar surface area (TPSA) is 43.4 Å². The van der Waals surface area contributed by atoms with Crippen molar-refractivity contribution >= 4 is 10.1 Å². The van der Waals surface area contributed by atoms with Crippen LogP contribution in [0.25, 0.3) is 0 Å². The minimum atomic E-state index is -3.42. The summed E-state index contributed by atoms with van der Waals surface area (Å²) >= 11 is 0. The predicted octanol–water partition coefficient (Wildman–Crippen LogP) is 0.230. The molecule has 0 fully saturated rings. The standard InChI is InChI=1S/C13H20O3S.Na.H/c1-2-3-4-8-11-16-17(14,15)12-13-9-6-5-7-10-13;;/h5-7,9-10H,2-4,8,11-12H2,1H3;;/q;+1;-1. The Hall–Kier alpha value is 0.130. The van der Waals surface area contributed by atoms with E-state index in [1.54, 1.807) is 12.1 Å². The van der Waals surface area contributed by atoms with E-state index < -0.39 is 10.1 Å². The summed E-state index contributed by atoms with van der Waals surface area (Å²) in [6.45, 7) is 2.42. The van der Waals surface area contributed by atoms with Gasteiger partial charge in [-0.1, -0.05) is 56.5 Å². The Morgan fingerprint density at radius 2 is 1.78 bits per heavy atom. The molecule has 0 N–H and O–H groups in total. The van der Waals surface area contributed by atoms with Crippen molar-refractivity contribution in [2.75, 3.05) is 6.61 Å². The van der Waals surface area contributed by atoms with Crippen LogP contribution in [-0.2, 0) is 20.1 Å². The van der Waals surface area contributed by atoms with Gasteiger partial charge in [0.2, 0.25) is 0 Å². The van der Waals surface area contributed by atoms with Gasteiger partial charge >= 0.3 is 29.6 Å². The summed E-state index contributed by atoms with van der Waals surface area (Å²) in [5.74, 6) is -0.0401.